The number of benzene rings is 2. The lowest BCUT2D eigenvalue weighted by atomic mass is 10.2. The Balaban J connectivity index is 1.54. The second kappa shape index (κ2) is 7.70. The van der Waals surface area contributed by atoms with Gasteiger partial charge in [-0.2, -0.15) is 0 Å². The molecule has 27 heavy (non-hydrogen) atoms. The highest BCUT2D eigenvalue weighted by molar-refractivity contribution is 5.90. The lowest BCUT2D eigenvalue weighted by molar-refractivity contribution is 0.415. The van der Waals surface area contributed by atoms with E-state index in [2.05, 4.69) is 37.7 Å². The summed E-state index contributed by atoms with van der Waals surface area (Å²) in [7, 11) is 1.65. The standard InChI is InChI=1S/C21H19N5O/c1-27-17-9-7-16(8-10-17)25-20-18-14-24-21(26-19(18)11-12-22-20)23-13-15-5-3-2-4-6-15/h2-12,14H,13H2,1H3,(H,22,25)(H,23,24,26). The zero-order valence-electron chi connectivity index (χ0n) is 14.9. The van der Waals surface area contributed by atoms with Crippen LogP contribution in [0.15, 0.2) is 73.1 Å². The third-order valence-electron chi connectivity index (χ3n) is 4.16. The van der Waals surface area contributed by atoms with E-state index in [9.17, 15) is 0 Å². The molecule has 0 aliphatic heterocycles. The molecule has 0 bridgehead atoms. The molecule has 2 heterocycles. The van der Waals surface area contributed by atoms with Gasteiger partial charge in [0.15, 0.2) is 0 Å². The highest BCUT2D eigenvalue weighted by Crippen LogP contribution is 2.24. The van der Waals surface area contributed by atoms with Gasteiger partial charge in [0.1, 0.15) is 11.6 Å². The number of methoxy groups -OCH3 is 1. The third-order valence-corrected chi connectivity index (χ3v) is 4.16. The van der Waals surface area contributed by atoms with Crippen LogP contribution >= 0.6 is 0 Å². The van der Waals surface area contributed by atoms with Crippen molar-refractivity contribution in [2.45, 2.75) is 6.54 Å². The van der Waals surface area contributed by atoms with Crippen LogP contribution in [0.1, 0.15) is 5.56 Å². The average molecular weight is 357 g/mol. The first-order valence-electron chi connectivity index (χ1n) is 8.62. The average Bonchev–Trinajstić information content (AvgIpc) is 2.73. The van der Waals surface area contributed by atoms with Crippen LogP contribution in [0.5, 0.6) is 5.75 Å². The van der Waals surface area contributed by atoms with Crippen LogP contribution in [0, 0.1) is 0 Å². The fourth-order valence-electron chi connectivity index (χ4n) is 2.73. The molecule has 0 unspecified atom stereocenters. The molecule has 0 radical (unpaired) electrons. The summed E-state index contributed by atoms with van der Waals surface area (Å²) in [5, 5.41) is 7.43. The molecule has 2 aromatic heterocycles. The van der Waals surface area contributed by atoms with Gasteiger partial charge < -0.3 is 15.4 Å². The van der Waals surface area contributed by atoms with E-state index in [0.717, 1.165) is 22.3 Å². The molecule has 2 aromatic carbocycles. The predicted octanol–water partition coefficient (Wildman–Crippen LogP) is 4.39. The molecule has 0 atom stereocenters. The van der Waals surface area contributed by atoms with Crippen molar-refractivity contribution < 1.29 is 4.74 Å². The largest absolute Gasteiger partial charge is 0.497 e. The van der Waals surface area contributed by atoms with Gasteiger partial charge in [-0.05, 0) is 35.9 Å². The molecule has 6 nitrogen and oxygen atoms in total. The van der Waals surface area contributed by atoms with Crippen molar-refractivity contribution in [3.8, 4) is 5.75 Å². The van der Waals surface area contributed by atoms with Crippen LogP contribution in [0.4, 0.5) is 17.5 Å². The zero-order chi connectivity index (χ0) is 18.5. The van der Waals surface area contributed by atoms with Gasteiger partial charge >= 0.3 is 0 Å². The molecular weight excluding hydrogens is 338 g/mol. The van der Waals surface area contributed by atoms with Crippen molar-refractivity contribution in [2.24, 2.45) is 0 Å². The van der Waals surface area contributed by atoms with Gasteiger partial charge in [0.25, 0.3) is 0 Å². The number of fused-ring (bicyclic) bond motifs is 1. The Kier molecular flexibility index (Phi) is 4.78. The van der Waals surface area contributed by atoms with Crippen LogP contribution in [0.3, 0.4) is 0 Å². The minimum absolute atomic E-state index is 0.591. The van der Waals surface area contributed by atoms with Crippen molar-refractivity contribution in [1.82, 2.24) is 15.0 Å². The zero-order valence-corrected chi connectivity index (χ0v) is 14.9. The van der Waals surface area contributed by atoms with Crippen LogP contribution in [-0.4, -0.2) is 22.1 Å². The molecule has 2 N–H and O–H groups in total. The first-order chi connectivity index (χ1) is 13.3. The molecule has 4 aromatic rings. The molecule has 0 amide bonds. The second-order valence-corrected chi connectivity index (χ2v) is 5.98. The highest BCUT2D eigenvalue weighted by atomic mass is 16.5. The Hall–Kier alpha value is -3.67. The van der Waals surface area contributed by atoms with Crippen molar-refractivity contribution >= 4 is 28.4 Å². The second-order valence-electron chi connectivity index (χ2n) is 5.98. The molecule has 134 valence electrons. The van der Waals surface area contributed by atoms with Gasteiger partial charge in [0.05, 0.1) is 18.0 Å². The highest BCUT2D eigenvalue weighted by Gasteiger charge is 2.07. The lowest BCUT2D eigenvalue weighted by Crippen LogP contribution is -2.04. The van der Waals surface area contributed by atoms with E-state index >= 15 is 0 Å². The SMILES string of the molecule is COc1ccc(Nc2nccc3nc(NCc4ccccc4)ncc23)cc1. The summed E-state index contributed by atoms with van der Waals surface area (Å²) in [5.41, 5.74) is 2.92. The maximum Gasteiger partial charge on any atom is 0.223 e. The van der Waals surface area contributed by atoms with E-state index in [1.54, 1.807) is 19.5 Å². The quantitative estimate of drug-likeness (QED) is 0.533. The van der Waals surface area contributed by atoms with Crippen molar-refractivity contribution in [1.29, 1.82) is 0 Å². The maximum absolute atomic E-state index is 5.19. The first-order valence-corrected chi connectivity index (χ1v) is 8.62. The molecule has 0 spiro atoms. The topological polar surface area (TPSA) is 72.0 Å². The van der Waals surface area contributed by atoms with E-state index in [-0.39, 0.29) is 0 Å². The summed E-state index contributed by atoms with van der Waals surface area (Å²) < 4.78 is 5.19. The summed E-state index contributed by atoms with van der Waals surface area (Å²) in [5.74, 6) is 2.11. The third kappa shape index (κ3) is 3.95. The Morgan fingerprint density at radius 1 is 0.926 bits per heavy atom. The van der Waals surface area contributed by atoms with E-state index in [1.165, 1.54) is 5.56 Å². The molecule has 0 aliphatic rings. The predicted molar refractivity (Wildman–Crippen MR) is 107 cm³/mol. The number of rotatable bonds is 6. The first kappa shape index (κ1) is 16.8. The fourth-order valence-corrected chi connectivity index (χ4v) is 2.73. The molecule has 6 heteroatoms. The minimum Gasteiger partial charge on any atom is -0.497 e. The summed E-state index contributed by atoms with van der Waals surface area (Å²) in [6, 6.07) is 19.7. The Labute approximate surface area is 157 Å². The van der Waals surface area contributed by atoms with Crippen LogP contribution < -0.4 is 15.4 Å². The van der Waals surface area contributed by atoms with Gasteiger partial charge in [-0.25, -0.2) is 15.0 Å². The molecule has 0 saturated heterocycles. The smallest absolute Gasteiger partial charge is 0.223 e. The van der Waals surface area contributed by atoms with Crippen molar-refractivity contribution in [3.63, 3.8) is 0 Å². The summed E-state index contributed by atoms with van der Waals surface area (Å²) in [6.07, 6.45) is 3.52. The number of ether oxygens (including phenoxy) is 1. The van der Waals surface area contributed by atoms with Crippen LogP contribution in [-0.2, 0) is 6.54 Å². The van der Waals surface area contributed by atoms with Gasteiger partial charge in [-0.3, -0.25) is 0 Å². The number of aromatic nitrogens is 3. The molecular formula is C21H19N5O. The molecule has 4 rings (SSSR count). The van der Waals surface area contributed by atoms with Crippen molar-refractivity contribution in [3.05, 3.63) is 78.6 Å². The van der Waals surface area contributed by atoms with Crippen LogP contribution in [0.25, 0.3) is 10.9 Å². The number of nitrogens with zero attached hydrogens (tertiary/aromatic N) is 3. The van der Waals surface area contributed by atoms with Crippen molar-refractivity contribution in [2.75, 3.05) is 17.7 Å². The number of hydrogen-bond donors (Lipinski definition) is 2. The summed E-state index contributed by atoms with van der Waals surface area (Å²) in [4.78, 5) is 13.5. The summed E-state index contributed by atoms with van der Waals surface area (Å²) in [6.45, 7) is 0.675. The number of hydrogen-bond acceptors (Lipinski definition) is 6. The minimum atomic E-state index is 0.591. The fraction of sp³-hybridized carbons (Fsp3) is 0.0952. The number of nitrogens with one attached hydrogen (secondary N) is 2. The lowest BCUT2D eigenvalue weighted by Gasteiger charge is -2.10. The van der Waals surface area contributed by atoms with Crippen LogP contribution in [0.2, 0.25) is 0 Å². The normalized spacial score (nSPS) is 10.6. The number of pyridine rings is 1. The Morgan fingerprint density at radius 3 is 2.52 bits per heavy atom. The molecule has 0 aliphatic carbocycles. The Morgan fingerprint density at radius 2 is 1.74 bits per heavy atom. The number of anilines is 3. The molecule has 0 saturated carbocycles. The van der Waals surface area contributed by atoms with Gasteiger partial charge in [0, 0.05) is 24.6 Å². The van der Waals surface area contributed by atoms with E-state index < -0.39 is 0 Å². The van der Waals surface area contributed by atoms with E-state index in [0.29, 0.717) is 18.3 Å². The van der Waals surface area contributed by atoms with Gasteiger partial charge in [-0.15, -0.1) is 0 Å². The van der Waals surface area contributed by atoms with E-state index in [4.69, 9.17) is 4.74 Å². The molecule has 0 fully saturated rings. The maximum atomic E-state index is 5.19. The van der Waals surface area contributed by atoms with Gasteiger partial charge in [0.2, 0.25) is 5.95 Å². The van der Waals surface area contributed by atoms with Gasteiger partial charge in [-0.1, -0.05) is 30.3 Å². The Bertz CT molecular complexity index is 1040. The summed E-state index contributed by atoms with van der Waals surface area (Å²) >= 11 is 0. The van der Waals surface area contributed by atoms with E-state index in [1.807, 2.05) is 48.5 Å². The monoisotopic (exact) mass is 357 g/mol.